The Morgan fingerprint density at radius 2 is 1.76 bits per heavy atom. The average molecular weight is 288 g/mol. The van der Waals surface area contributed by atoms with Crippen molar-refractivity contribution in [1.82, 2.24) is 5.32 Å². The van der Waals surface area contributed by atoms with Gasteiger partial charge in [-0.15, -0.1) is 0 Å². The third-order valence-corrected chi connectivity index (χ3v) is 3.52. The molecule has 108 valence electrons. The lowest BCUT2D eigenvalue weighted by Crippen LogP contribution is -2.29. The summed E-state index contributed by atoms with van der Waals surface area (Å²) in [5.41, 5.74) is 2.24. The first-order valence-electron chi connectivity index (χ1n) is 6.71. The minimum absolute atomic E-state index is 0.185. The van der Waals surface area contributed by atoms with Gasteiger partial charge in [-0.2, -0.15) is 0 Å². The van der Waals surface area contributed by atoms with Gasteiger partial charge in [0.1, 0.15) is 17.7 Å². The van der Waals surface area contributed by atoms with Gasteiger partial charge >= 0.3 is 0 Å². The fourth-order valence-electron chi connectivity index (χ4n) is 2.45. The first-order valence-corrected chi connectivity index (χ1v) is 6.71. The Balaban J connectivity index is 1.65. The lowest BCUT2D eigenvalue weighted by atomic mass is 10.1. The van der Waals surface area contributed by atoms with E-state index in [-0.39, 0.29) is 17.5 Å². The van der Waals surface area contributed by atoms with Gasteiger partial charge in [0.05, 0.1) is 0 Å². The summed E-state index contributed by atoms with van der Waals surface area (Å²) in [6.45, 7) is 0.541. The predicted octanol–water partition coefficient (Wildman–Crippen LogP) is 2.79. The molecule has 5 heteroatoms. The lowest BCUT2D eigenvalue weighted by molar-refractivity contribution is -0.117. The molecule has 2 aromatic rings. The third-order valence-electron chi connectivity index (χ3n) is 3.52. The van der Waals surface area contributed by atoms with Crippen molar-refractivity contribution in [1.29, 1.82) is 0 Å². The van der Waals surface area contributed by atoms with Gasteiger partial charge < -0.3 is 10.6 Å². The minimum atomic E-state index is -0.545. The van der Waals surface area contributed by atoms with Gasteiger partial charge in [-0.3, -0.25) is 4.79 Å². The molecule has 0 bridgehead atoms. The highest BCUT2D eigenvalue weighted by Gasteiger charge is 2.30. The molecule has 0 radical (unpaired) electrons. The van der Waals surface area contributed by atoms with Crippen molar-refractivity contribution in [3.8, 4) is 0 Å². The number of halogens is 2. The molecular weight excluding hydrogens is 274 g/mol. The van der Waals surface area contributed by atoms with Crippen LogP contribution in [0.1, 0.15) is 17.2 Å². The maximum Gasteiger partial charge on any atom is 0.246 e. The Kier molecular flexibility index (Phi) is 3.66. The number of anilines is 1. The van der Waals surface area contributed by atoms with Gasteiger partial charge in [0.25, 0.3) is 0 Å². The Bertz CT molecular complexity index is 670. The second kappa shape index (κ2) is 5.61. The van der Waals surface area contributed by atoms with E-state index in [1.807, 2.05) is 0 Å². The van der Waals surface area contributed by atoms with Gasteiger partial charge in [0.15, 0.2) is 0 Å². The van der Waals surface area contributed by atoms with Gasteiger partial charge in [0.2, 0.25) is 5.91 Å². The van der Waals surface area contributed by atoms with Crippen LogP contribution in [0.15, 0.2) is 42.5 Å². The van der Waals surface area contributed by atoms with Gasteiger partial charge in [0, 0.05) is 17.8 Å². The number of rotatable bonds is 4. The normalized spacial score (nSPS) is 16.7. The summed E-state index contributed by atoms with van der Waals surface area (Å²) in [5, 5.41) is 5.82. The second-order valence-electron chi connectivity index (χ2n) is 4.98. The van der Waals surface area contributed by atoms with Crippen molar-refractivity contribution >= 4 is 11.6 Å². The summed E-state index contributed by atoms with van der Waals surface area (Å²) >= 11 is 0. The Hall–Kier alpha value is -2.27. The molecule has 0 aliphatic carbocycles. The van der Waals surface area contributed by atoms with Crippen LogP contribution in [0.4, 0.5) is 14.5 Å². The van der Waals surface area contributed by atoms with Crippen molar-refractivity contribution in [2.75, 3.05) is 11.9 Å². The van der Waals surface area contributed by atoms with Crippen LogP contribution in [0.25, 0.3) is 0 Å². The van der Waals surface area contributed by atoms with Crippen LogP contribution in [0.5, 0.6) is 0 Å². The molecule has 3 nitrogen and oxygen atoms in total. The highest BCUT2D eigenvalue weighted by Crippen LogP contribution is 2.31. The van der Waals surface area contributed by atoms with Gasteiger partial charge in [-0.1, -0.05) is 12.1 Å². The number of amides is 1. The monoisotopic (exact) mass is 288 g/mol. The molecule has 2 aromatic carbocycles. The standard InChI is InChI=1S/C16H14F2N2O/c17-11-3-1-10(2-4-11)7-8-19-15-13-9-12(18)5-6-14(13)20-16(15)21/h1-6,9,15,19H,7-8H2,(H,20,21). The fraction of sp³-hybridized carbons (Fsp3) is 0.188. The van der Waals surface area contributed by atoms with E-state index < -0.39 is 6.04 Å². The topological polar surface area (TPSA) is 41.1 Å². The number of hydrogen-bond donors (Lipinski definition) is 2. The summed E-state index contributed by atoms with van der Waals surface area (Å²) in [4.78, 5) is 11.9. The molecule has 2 N–H and O–H groups in total. The lowest BCUT2D eigenvalue weighted by Gasteiger charge is -2.11. The molecule has 0 spiro atoms. The molecule has 0 saturated heterocycles. The van der Waals surface area contributed by atoms with Crippen LogP contribution in [0, 0.1) is 11.6 Å². The average Bonchev–Trinajstić information content (AvgIpc) is 2.77. The third kappa shape index (κ3) is 2.92. The summed E-state index contributed by atoms with van der Waals surface area (Å²) < 4.78 is 26.1. The van der Waals surface area contributed by atoms with E-state index in [4.69, 9.17) is 0 Å². The summed E-state index contributed by atoms with van der Waals surface area (Å²) in [7, 11) is 0. The van der Waals surface area contributed by atoms with Crippen molar-refractivity contribution in [2.24, 2.45) is 0 Å². The smallest absolute Gasteiger partial charge is 0.246 e. The zero-order chi connectivity index (χ0) is 14.8. The number of carbonyl (C=O) groups is 1. The fourth-order valence-corrected chi connectivity index (χ4v) is 2.45. The first-order chi connectivity index (χ1) is 10.1. The number of hydrogen-bond acceptors (Lipinski definition) is 2. The van der Waals surface area contributed by atoms with Crippen LogP contribution in [0.2, 0.25) is 0 Å². The molecule has 1 unspecified atom stereocenters. The van der Waals surface area contributed by atoms with E-state index in [0.29, 0.717) is 24.2 Å². The highest BCUT2D eigenvalue weighted by atomic mass is 19.1. The van der Waals surface area contributed by atoms with E-state index >= 15 is 0 Å². The first kappa shape index (κ1) is 13.7. The van der Waals surface area contributed by atoms with Crippen LogP contribution in [-0.2, 0) is 11.2 Å². The van der Waals surface area contributed by atoms with E-state index in [0.717, 1.165) is 5.56 Å². The van der Waals surface area contributed by atoms with E-state index in [1.165, 1.54) is 24.3 Å². The summed E-state index contributed by atoms with van der Waals surface area (Å²) in [5.74, 6) is -0.823. The molecule has 0 saturated carbocycles. The van der Waals surface area contributed by atoms with Gasteiger partial charge in [-0.25, -0.2) is 8.78 Å². The molecule has 0 fully saturated rings. The minimum Gasteiger partial charge on any atom is -0.324 e. The Morgan fingerprint density at radius 3 is 2.52 bits per heavy atom. The summed E-state index contributed by atoms with van der Waals surface area (Å²) in [6.07, 6.45) is 0.661. The number of nitrogens with one attached hydrogen (secondary N) is 2. The molecule has 1 amide bonds. The number of benzene rings is 2. The van der Waals surface area contributed by atoms with Crippen LogP contribution < -0.4 is 10.6 Å². The van der Waals surface area contributed by atoms with Crippen LogP contribution in [-0.4, -0.2) is 12.5 Å². The van der Waals surface area contributed by atoms with Crippen molar-refractivity contribution < 1.29 is 13.6 Å². The molecule has 3 rings (SSSR count). The SMILES string of the molecule is O=C1Nc2ccc(F)cc2C1NCCc1ccc(F)cc1. The Labute approximate surface area is 121 Å². The Morgan fingerprint density at radius 1 is 1.05 bits per heavy atom. The largest absolute Gasteiger partial charge is 0.324 e. The van der Waals surface area contributed by atoms with Crippen molar-refractivity contribution in [3.63, 3.8) is 0 Å². The predicted molar refractivity (Wildman–Crippen MR) is 75.9 cm³/mol. The quantitative estimate of drug-likeness (QED) is 0.908. The number of fused-ring (bicyclic) bond motifs is 1. The number of carbonyl (C=O) groups excluding carboxylic acids is 1. The van der Waals surface area contributed by atoms with Crippen molar-refractivity contribution in [3.05, 3.63) is 65.2 Å². The zero-order valence-corrected chi connectivity index (χ0v) is 11.2. The molecule has 0 aromatic heterocycles. The highest BCUT2D eigenvalue weighted by molar-refractivity contribution is 6.02. The molecule has 1 heterocycles. The maximum absolute atomic E-state index is 13.3. The molecule has 1 aliphatic rings. The molecule has 1 atom stereocenters. The molecular formula is C16H14F2N2O. The van der Waals surface area contributed by atoms with Crippen molar-refractivity contribution in [2.45, 2.75) is 12.5 Å². The molecule has 21 heavy (non-hydrogen) atoms. The second-order valence-corrected chi connectivity index (χ2v) is 4.98. The molecule has 1 aliphatic heterocycles. The summed E-state index contributed by atoms with van der Waals surface area (Å²) in [6, 6.07) is 9.92. The van der Waals surface area contributed by atoms with Gasteiger partial charge in [-0.05, 0) is 42.3 Å². The van der Waals surface area contributed by atoms with E-state index in [9.17, 15) is 13.6 Å². The van der Waals surface area contributed by atoms with Crippen LogP contribution >= 0.6 is 0 Å². The van der Waals surface area contributed by atoms with Crippen LogP contribution in [0.3, 0.4) is 0 Å². The maximum atomic E-state index is 13.3. The van der Waals surface area contributed by atoms with E-state index in [1.54, 1.807) is 18.2 Å². The zero-order valence-electron chi connectivity index (χ0n) is 11.2. The van der Waals surface area contributed by atoms with E-state index in [2.05, 4.69) is 10.6 Å².